The summed E-state index contributed by atoms with van der Waals surface area (Å²) in [6, 6.07) is 26.6. The topological polar surface area (TPSA) is 73.3 Å². The summed E-state index contributed by atoms with van der Waals surface area (Å²) < 4.78 is 11.6. The number of hydrogen-bond donors (Lipinski definition) is 1. The van der Waals surface area contributed by atoms with E-state index in [2.05, 4.69) is 15.3 Å². The molecule has 0 aliphatic heterocycles. The predicted molar refractivity (Wildman–Crippen MR) is 143 cm³/mol. The van der Waals surface area contributed by atoms with Crippen LogP contribution in [0, 0.1) is 13.8 Å². The van der Waals surface area contributed by atoms with E-state index in [9.17, 15) is 4.79 Å². The fourth-order valence-electron chi connectivity index (χ4n) is 3.66. The Balaban J connectivity index is 1.57. The SMILES string of the molecule is Cc1cc(C)nc(Oc2cccc(NC(=O)/C(=C/c3ccc(OC(C)C)cc3)c3ccccc3)c2)n1. The minimum absolute atomic E-state index is 0.0956. The van der Waals surface area contributed by atoms with Crippen LogP contribution in [-0.2, 0) is 4.79 Å². The molecule has 0 aliphatic rings. The number of ether oxygens (including phenoxy) is 2. The van der Waals surface area contributed by atoms with Gasteiger partial charge in [0.1, 0.15) is 11.5 Å². The van der Waals surface area contributed by atoms with Crippen LogP contribution in [0.15, 0.2) is 84.9 Å². The number of benzene rings is 3. The first kappa shape index (κ1) is 24.7. The Labute approximate surface area is 211 Å². The molecule has 0 fully saturated rings. The molecule has 3 aromatic carbocycles. The Kier molecular flexibility index (Phi) is 7.75. The van der Waals surface area contributed by atoms with Crippen LogP contribution < -0.4 is 14.8 Å². The van der Waals surface area contributed by atoms with Crippen LogP contribution in [-0.4, -0.2) is 22.0 Å². The van der Waals surface area contributed by atoms with Crippen molar-refractivity contribution in [1.29, 1.82) is 0 Å². The lowest BCUT2D eigenvalue weighted by Gasteiger charge is -2.12. The summed E-state index contributed by atoms with van der Waals surface area (Å²) in [6.45, 7) is 7.75. The molecule has 0 atom stereocenters. The average Bonchev–Trinajstić information content (AvgIpc) is 2.83. The summed E-state index contributed by atoms with van der Waals surface area (Å²) in [4.78, 5) is 22.1. The van der Waals surface area contributed by atoms with Gasteiger partial charge in [0.05, 0.1) is 6.10 Å². The van der Waals surface area contributed by atoms with Crippen molar-refractivity contribution in [1.82, 2.24) is 9.97 Å². The summed E-state index contributed by atoms with van der Waals surface area (Å²) >= 11 is 0. The minimum atomic E-state index is -0.233. The van der Waals surface area contributed by atoms with Crippen molar-refractivity contribution in [3.63, 3.8) is 0 Å². The van der Waals surface area contributed by atoms with Gasteiger partial charge in [0, 0.05) is 28.7 Å². The normalized spacial score (nSPS) is 11.3. The van der Waals surface area contributed by atoms with Crippen molar-refractivity contribution in [2.75, 3.05) is 5.32 Å². The Hall–Kier alpha value is -4.45. The van der Waals surface area contributed by atoms with E-state index >= 15 is 0 Å². The van der Waals surface area contributed by atoms with Gasteiger partial charge in [0.2, 0.25) is 0 Å². The van der Waals surface area contributed by atoms with Gasteiger partial charge in [-0.3, -0.25) is 4.79 Å². The number of nitrogens with one attached hydrogen (secondary N) is 1. The highest BCUT2D eigenvalue weighted by Gasteiger charge is 2.14. The molecule has 4 aromatic rings. The average molecular weight is 480 g/mol. The molecule has 0 saturated carbocycles. The third kappa shape index (κ3) is 6.79. The fourth-order valence-corrected chi connectivity index (χ4v) is 3.66. The smallest absolute Gasteiger partial charge is 0.322 e. The number of anilines is 1. The van der Waals surface area contributed by atoms with Crippen molar-refractivity contribution in [3.05, 3.63) is 107 Å². The maximum atomic E-state index is 13.4. The number of aryl methyl sites for hydroxylation is 2. The maximum Gasteiger partial charge on any atom is 0.322 e. The molecule has 6 heteroatoms. The molecule has 0 spiro atoms. The van der Waals surface area contributed by atoms with E-state index in [1.54, 1.807) is 12.1 Å². The fraction of sp³-hybridized carbons (Fsp3) is 0.167. The Morgan fingerprint density at radius 3 is 2.19 bits per heavy atom. The standard InChI is InChI=1S/C30H29N3O3/c1-20(2)35-26-15-13-23(14-16-26)18-28(24-9-6-5-7-10-24)29(34)33-25-11-8-12-27(19-25)36-30-31-21(3)17-22(4)32-30/h5-20H,1-4H3,(H,33,34)/b28-18+. The van der Waals surface area contributed by atoms with E-state index in [0.29, 0.717) is 17.0 Å². The molecule has 182 valence electrons. The number of aromatic nitrogens is 2. The first-order valence-corrected chi connectivity index (χ1v) is 11.8. The first-order valence-electron chi connectivity index (χ1n) is 11.8. The van der Waals surface area contributed by atoms with Crippen LogP contribution in [0.3, 0.4) is 0 Å². The highest BCUT2D eigenvalue weighted by molar-refractivity contribution is 6.29. The molecule has 0 saturated heterocycles. The van der Waals surface area contributed by atoms with Crippen molar-refractivity contribution in [2.45, 2.75) is 33.8 Å². The minimum Gasteiger partial charge on any atom is -0.491 e. The molecular weight excluding hydrogens is 450 g/mol. The molecule has 0 unspecified atom stereocenters. The molecule has 1 aromatic heterocycles. The van der Waals surface area contributed by atoms with Gasteiger partial charge in [-0.05, 0) is 75.2 Å². The van der Waals surface area contributed by atoms with Crippen LogP contribution in [0.4, 0.5) is 5.69 Å². The Morgan fingerprint density at radius 2 is 1.53 bits per heavy atom. The molecule has 0 aliphatic carbocycles. The third-order valence-corrected chi connectivity index (χ3v) is 5.16. The predicted octanol–water partition coefficient (Wildman–Crippen LogP) is 6.85. The Bertz CT molecular complexity index is 1340. The van der Waals surface area contributed by atoms with Gasteiger partial charge in [0.25, 0.3) is 5.91 Å². The molecule has 6 nitrogen and oxygen atoms in total. The first-order chi connectivity index (χ1) is 17.4. The molecule has 36 heavy (non-hydrogen) atoms. The van der Waals surface area contributed by atoms with Gasteiger partial charge in [-0.15, -0.1) is 0 Å². The van der Waals surface area contributed by atoms with Gasteiger partial charge in [-0.2, -0.15) is 0 Å². The zero-order chi connectivity index (χ0) is 25.5. The monoisotopic (exact) mass is 479 g/mol. The molecule has 0 radical (unpaired) electrons. The van der Waals surface area contributed by atoms with Gasteiger partial charge >= 0.3 is 6.01 Å². The number of carbonyl (C=O) groups excluding carboxylic acids is 1. The zero-order valence-corrected chi connectivity index (χ0v) is 20.9. The highest BCUT2D eigenvalue weighted by atomic mass is 16.5. The van der Waals surface area contributed by atoms with Crippen LogP contribution in [0.25, 0.3) is 11.6 Å². The van der Waals surface area contributed by atoms with E-state index in [1.807, 2.05) is 107 Å². The summed E-state index contributed by atoms with van der Waals surface area (Å²) in [7, 11) is 0. The second-order valence-electron chi connectivity index (χ2n) is 8.68. The van der Waals surface area contributed by atoms with E-state index in [4.69, 9.17) is 9.47 Å². The largest absolute Gasteiger partial charge is 0.491 e. The second kappa shape index (κ2) is 11.3. The number of hydrogen-bond acceptors (Lipinski definition) is 5. The molecular formula is C30H29N3O3. The lowest BCUT2D eigenvalue weighted by molar-refractivity contribution is -0.111. The molecule has 4 rings (SSSR count). The summed E-state index contributed by atoms with van der Waals surface area (Å²) in [5.41, 5.74) is 4.49. The molecule has 0 bridgehead atoms. The van der Waals surface area contributed by atoms with E-state index in [0.717, 1.165) is 28.3 Å². The number of carbonyl (C=O) groups is 1. The van der Waals surface area contributed by atoms with Crippen LogP contribution in [0.1, 0.15) is 36.4 Å². The number of rotatable bonds is 8. The molecule has 1 amide bonds. The van der Waals surface area contributed by atoms with Gasteiger partial charge < -0.3 is 14.8 Å². The summed E-state index contributed by atoms with van der Waals surface area (Å²) in [5, 5.41) is 2.99. The lowest BCUT2D eigenvalue weighted by Crippen LogP contribution is -2.13. The van der Waals surface area contributed by atoms with E-state index < -0.39 is 0 Å². The summed E-state index contributed by atoms with van der Waals surface area (Å²) in [5.74, 6) is 1.09. The van der Waals surface area contributed by atoms with Gasteiger partial charge in [-0.1, -0.05) is 48.5 Å². The van der Waals surface area contributed by atoms with Crippen molar-refractivity contribution in [3.8, 4) is 17.5 Å². The van der Waals surface area contributed by atoms with Crippen molar-refractivity contribution < 1.29 is 14.3 Å². The van der Waals surface area contributed by atoms with E-state index in [-0.39, 0.29) is 18.0 Å². The Morgan fingerprint density at radius 1 is 0.833 bits per heavy atom. The summed E-state index contributed by atoms with van der Waals surface area (Å²) in [6.07, 6.45) is 1.96. The second-order valence-corrected chi connectivity index (χ2v) is 8.68. The molecule has 1 heterocycles. The molecule has 1 N–H and O–H groups in total. The van der Waals surface area contributed by atoms with Crippen molar-refractivity contribution >= 4 is 23.2 Å². The van der Waals surface area contributed by atoms with Crippen LogP contribution in [0.5, 0.6) is 17.5 Å². The number of amides is 1. The van der Waals surface area contributed by atoms with E-state index in [1.165, 1.54) is 0 Å². The highest BCUT2D eigenvalue weighted by Crippen LogP contribution is 2.25. The van der Waals surface area contributed by atoms with Gasteiger partial charge in [-0.25, -0.2) is 9.97 Å². The quantitative estimate of drug-likeness (QED) is 0.221. The van der Waals surface area contributed by atoms with Gasteiger partial charge in [0.15, 0.2) is 0 Å². The van der Waals surface area contributed by atoms with Crippen LogP contribution in [0.2, 0.25) is 0 Å². The van der Waals surface area contributed by atoms with Crippen LogP contribution >= 0.6 is 0 Å². The van der Waals surface area contributed by atoms with Crippen molar-refractivity contribution in [2.24, 2.45) is 0 Å². The maximum absolute atomic E-state index is 13.4. The lowest BCUT2D eigenvalue weighted by atomic mass is 10.0. The third-order valence-electron chi connectivity index (χ3n) is 5.16. The zero-order valence-electron chi connectivity index (χ0n) is 20.9. The number of nitrogens with zero attached hydrogens (tertiary/aromatic N) is 2.